The first kappa shape index (κ1) is 12.1. The van der Waals surface area contributed by atoms with E-state index in [9.17, 15) is 5.11 Å². The van der Waals surface area contributed by atoms with Crippen molar-refractivity contribution in [3.05, 3.63) is 37.7 Å². The Bertz CT molecular complexity index is 497. The van der Waals surface area contributed by atoms with Crippen molar-refractivity contribution in [1.82, 2.24) is 9.78 Å². The first-order chi connectivity index (χ1) is 7.65. The van der Waals surface area contributed by atoms with Gasteiger partial charge >= 0.3 is 0 Å². The van der Waals surface area contributed by atoms with Crippen molar-refractivity contribution >= 4 is 38.9 Å². The molecule has 0 saturated carbocycles. The van der Waals surface area contributed by atoms with Crippen molar-refractivity contribution in [3.8, 4) is 0 Å². The van der Waals surface area contributed by atoms with E-state index in [2.05, 4.69) is 21.0 Å². The number of nitrogens with zero attached hydrogens (tertiary/aromatic N) is 2. The van der Waals surface area contributed by atoms with Gasteiger partial charge in [0.2, 0.25) is 0 Å². The number of hydrogen-bond donors (Lipinski definition) is 1. The predicted molar refractivity (Wildman–Crippen MR) is 69.0 cm³/mol. The van der Waals surface area contributed by atoms with Crippen molar-refractivity contribution in [3.63, 3.8) is 0 Å². The van der Waals surface area contributed by atoms with Crippen LogP contribution in [0.5, 0.6) is 0 Å². The van der Waals surface area contributed by atoms with Gasteiger partial charge in [0, 0.05) is 11.0 Å². The zero-order valence-electron chi connectivity index (χ0n) is 8.52. The smallest absolute Gasteiger partial charge is 0.132 e. The van der Waals surface area contributed by atoms with Crippen LogP contribution in [0, 0.1) is 0 Å². The molecule has 2 rings (SSSR count). The number of aromatic nitrogens is 2. The Morgan fingerprint density at radius 1 is 1.69 bits per heavy atom. The molecular formula is C10H10BrClN2OS. The maximum Gasteiger partial charge on any atom is 0.132 e. The molecule has 0 radical (unpaired) electrons. The first-order valence-corrected chi connectivity index (χ1v) is 6.82. The van der Waals surface area contributed by atoms with Gasteiger partial charge < -0.3 is 5.11 Å². The van der Waals surface area contributed by atoms with Crippen molar-refractivity contribution in [1.29, 1.82) is 0 Å². The third-order valence-corrected chi connectivity index (χ3v) is 4.50. The van der Waals surface area contributed by atoms with E-state index in [1.165, 1.54) is 11.3 Å². The molecule has 1 N–H and O–H groups in total. The lowest BCUT2D eigenvalue weighted by molar-refractivity contribution is 0.211. The predicted octanol–water partition coefficient (Wildman–Crippen LogP) is 3.46. The highest BCUT2D eigenvalue weighted by Crippen LogP contribution is 2.35. The van der Waals surface area contributed by atoms with Crippen LogP contribution in [0.25, 0.3) is 0 Å². The molecule has 0 spiro atoms. The van der Waals surface area contributed by atoms with Crippen LogP contribution in [0.1, 0.15) is 23.6 Å². The number of aliphatic hydroxyl groups is 1. The topological polar surface area (TPSA) is 38.0 Å². The van der Waals surface area contributed by atoms with Gasteiger partial charge in [-0.3, -0.25) is 4.68 Å². The molecule has 0 fully saturated rings. The monoisotopic (exact) mass is 320 g/mol. The average Bonchev–Trinajstić information content (AvgIpc) is 2.83. The van der Waals surface area contributed by atoms with Gasteiger partial charge in [0.25, 0.3) is 0 Å². The van der Waals surface area contributed by atoms with Gasteiger partial charge in [-0.15, -0.1) is 11.3 Å². The lowest BCUT2D eigenvalue weighted by Gasteiger charge is -2.12. The minimum absolute atomic E-state index is 0.495. The second-order valence-electron chi connectivity index (χ2n) is 3.23. The Morgan fingerprint density at radius 2 is 2.44 bits per heavy atom. The van der Waals surface area contributed by atoms with Crippen LogP contribution in [0.15, 0.2) is 22.1 Å². The molecule has 2 aromatic heterocycles. The molecule has 16 heavy (non-hydrogen) atoms. The molecule has 3 nitrogen and oxygen atoms in total. The molecule has 0 aromatic carbocycles. The number of hydrogen-bond acceptors (Lipinski definition) is 3. The van der Waals surface area contributed by atoms with E-state index in [1.54, 1.807) is 10.9 Å². The number of halogens is 2. The average molecular weight is 322 g/mol. The maximum atomic E-state index is 10.3. The van der Waals surface area contributed by atoms with Crippen molar-refractivity contribution in [2.45, 2.75) is 19.6 Å². The molecule has 0 amide bonds. The summed E-state index contributed by atoms with van der Waals surface area (Å²) < 4.78 is 2.60. The summed E-state index contributed by atoms with van der Waals surface area (Å²) in [5.74, 6) is 0. The number of aryl methyl sites for hydroxylation is 1. The van der Waals surface area contributed by atoms with Gasteiger partial charge in [0.15, 0.2) is 0 Å². The summed E-state index contributed by atoms with van der Waals surface area (Å²) in [4.78, 5) is 0.845. The van der Waals surface area contributed by atoms with Crippen molar-refractivity contribution in [2.75, 3.05) is 0 Å². The van der Waals surface area contributed by atoms with E-state index >= 15 is 0 Å². The Balaban J connectivity index is 2.44. The molecule has 2 heterocycles. The highest BCUT2D eigenvalue weighted by atomic mass is 79.9. The van der Waals surface area contributed by atoms with E-state index in [-0.39, 0.29) is 0 Å². The lowest BCUT2D eigenvalue weighted by Crippen LogP contribution is -2.08. The molecule has 0 aliphatic heterocycles. The molecule has 1 atom stereocenters. The first-order valence-electron chi connectivity index (χ1n) is 4.77. The summed E-state index contributed by atoms with van der Waals surface area (Å²) in [6, 6.07) is 1.91. The highest BCUT2D eigenvalue weighted by molar-refractivity contribution is 9.10. The van der Waals surface area contributed by atoms with E-state index in [1.807, 2.05) is 18.4 Å². The van der Waals surface area contributed by atoms with Gasteiger partial charge in [-0.25, -0.2) is 0 Å². The van der Waals surface area contributed by atoms with E-state index in [4.69, 9.17) is 11.6 Å². The maximum absolute atomic E-state index is 10.3. The van der Waals surface area contributed by atoms with Crippen LogP contribution >= 0.6 is 38.9 Å². The fourth-order valence-corrected chi connectivity index (χ4v) is 3.34. The second kappa shape index (κ2) is 4.87. The summed E-state index contributed by atoms with van der Waals surface area (Å²) in [6.07, 6.45) is 0.829. The molecule has 0 bridgehead atoms. The summed E-state index contributed by atoms with van der Waals surface area (Å²) in [5.41, 5.74) is 0.646. The van der Waals surface area contributed by atoms with E-state index in [0.717, 1.165) is 9.35 Å². The zero-order chi connectivity index (χ0) is 11.7. The molecule has 1 unspecified atom stereocenters. The standard InChI is InChI=1S/C10H10BrClN2OS/c1-2-14-8(7(12)5-13-14)9(15)10-6(11)3-4-16-10/h3-5,9,15H,2H2,1H3. The Morgan fingerprint density at radius 3 is 3.00 bits per heavy atom. The highest BCUT2D eigenvalue weighted by Gasteiger charge is 2.22. The summed E-state index contributed by atoms with van der Waals surface area (Å²) >= 11 is 10.9. The SMILES string of the molecule is CCn1ncc(Cl)c1C(O)c1sccc1Br. The van der Waals surface area contributed by atoms with Crippen LogP contribution in [0.2, 0.25) is 5.02 Å². The number of rotatable bonds is 3. The van der Waals surface area contributed by atoms with Crippen LogP contribution in [0.3, 0.4) is 0 Å². The summed E-state index contributed by atoms with van der Waals surface area (Å²) in [7, 11) is 0. The molecule has 86 valence electrons. The normalized spacial score (nSPS) is 13.0. The van der Waals surface area contributed by atoms with Crippen molar-refractivity contribution in [2.24, 2.45) is 0 Å². The fourth-order valence-electron chi connectivity index (χ4n) is 1.52. The van der Waals surface area contributed by atoms with Gasteiger partial charge in [0.05, 0.1) is 21.8 Å². The molecule has 0 aliphatic carbocycles. The van der Waals surface area contributed by atoms with E-state index < -0.39 is 6.10 Å². The largest absolute Gasteiger partial charge is 0.381 e. The van der Waals surface area contributed by atoms with Crippen molar-refractivity contribution < 1.29 is 5.11 Å². The van der Waals surface area contributed by atoms with Gasteiger partial charge in [-0.1, -0.05) is 11.6 Å². The fraction of sp³-hybridized carbons (Fsp3) is 0.300. The number of thiophene rings is 1. The molecule has 2 aromatic rings. The molecular weight excluding hydrogens is 312 g/mol. The van der Waals surface area contributed by atoms with Crippen LogP contribution < -0.4 is 0 Å². The minimum atomic E-state index is -0.732. The van der Waals surface area contributed by atoms with E-state index in [0.29, 0.717) is 17.3 Å². The Kier molecular flexibility index (Phi) is 3.69. The zero-order valence-corrected chi connectivity index (χ0v) is 11.7. The van der Waals surface area contributed by atoms with Crippen LogP contribution in [0.4, 0.5) is 0 Å². The quantitative estimate of drug-likeness (QED) is 0.940. The van der Waals surface area contributed by atoms with Crippen LogP contribution in [-0.4, -0.2) is 14.9 Å². The van der Waals surface area contributed by atoms with Gasteiger partial charge in [-0.2, -0.15) is 5.10 Å². The Hall–Kier alpha value is -0.360. The lowest BCUT2D eigenvalue weighted by atomic mass is 10.2. The van der Waals surface area contributed by atoms with Gasteiger partial charge in [0.1, 0.15) is 6.10 Å². The Labute approximate surface area is 111 Å². The summed E-state index contributed by atoms with van der Waals surface area (Å²) in [6.45, 7) is 2.64. The minimum Gasteiger partial charge on any atom is -0.381 e. The molecule has 6 heteroatoms. The van der Waals surface area contributed by atoms with Crippen LogP contribution in [-0.2, 0) is 6.54 Å². The summed E-state index contributed by atoms with van der Waals surface area (Å²) in [5, 5.41) is 16.8. The number of aliphatic hydroxyl groups excluding tert-OH is 1. The molecule has 0 aliphatic rings. The third-order valence-electron chi connectivity index (χ3n) is 2.28. The molecule has 0 saturated heterocycles. The van der Waals surface area contributed by atoms with Gasteiger partial charge in [-0.05, 0) is 34.3 Å². The third kappa shape index (κ3) is 2.05. The second-order valence-corrected chi connectivity index (χ2v) is 5.44.